The van der Waals surface area contributed by atoms with Gasteiger partial charge in [0, 0.05) is 64.7 Å². The van der Waals surface area contributed by atoms with Crippen LogP contribution in [0.4, 0.5) is 5.82 Å². The molecular weight excluding hydrogens is 1430 g/mol. The highest BCUT2D eigenvalue weighted by Crippen LogP contribution is 2.33. The Morgan fingerprint density at radius 1 is 0.464 bits per heavy atom. The van der Waals surface area contributed by atoms with Crippen LogP contribution in [0.5, 0.6) is 0 Å². The van der Waals surface area contributed by atoms with Crippen molar-refractivity contribution in [2.45, 2.75) is 291 Å². The fourth-order valence-corrected chi connectivity index (χ4v) is 10.3. The summed E-state index contributed by atoms with van der Waals surface area (Å²) < 4.78 is 74.4. The maximum atomic E-state index is 14.3. The van der Waals surface area contributed by atoms with Crippen molar-refractivity contribution in [3.8, 4) is 0 Å². The van der Waals surface area contributed by atoms with E-state index in [1.54, 1.807) is 0 Å². The quantitative estimate of drug-likeness (QED) is 0.0282. The van der Waals surface area contributed by atoms with Crippen molar-refractivity contribution in [1.29, 1.82) is 0 Å². The van der Waals surface area contributed by atoms with Gasteiger partial charge < -0.3 is 99.4 Å². The number of carbonyl (C=O) groups is 6. The van der Waals surface area contributed by atoms with Gasteiger partial charge in [0.2, 0.25) is 35.4 Å². The summed E-state index contributed by atoms with van der Waals surface area (Å²) in [6.07, 6.45) is 0.678. The van der Waals surface area contributed by atoms with Crippen molar-refractivity contribution in [3.05, 3.63) is 12.7 Å². The number of morpholine rings is 1. The number of nitrogens with two attached hydrogens (primary N) is 1. The van der Waals surface area contributed by atoms with Crippen LogP contribution in [0.15, 0.2) is 12.7 Å². The summed E-state index contributed by atoms with van der Waals surface area (Å²) in [5, 5.41) is 37.9. The average molecular weight is 1570 g/mol. The van der Waals surface area contributed by atoms with E-state index < -0.39 is 64.2 Å². The van der Waals surface area contributed by atoms with Crippen LogP contribution < -0.4 is 37.8 Å². The van der Waals surface area contributed by atoms with Gasteiger partial charge in [0.15, 0.2) is 30.1 Å². The van der Waals surface area contributed by atoms with Crippen LogP contribution in [0.3, 0.4) is 0 Å². The fourth-order valence-electron chi connectivity index (χ4n) is 10.3. The van der Waals surface area contributed by atoms with Crippen LogP contribution in [-0.2, 0) is 95.3 Å². The Balaban J connectivity index is 1.54. The Hall–Kier alpha value is -5.51. The summed E-state index contributed by atoms with van der Waals surface area (Å²) in [5.41, 5.74) is 3.41. The molecule has 0 aromatic carbocycles. The van der Waals surface area contributed by atoms with E-state index in [4.69, 9.17) is 72.3 Å². The number of fused-ring (bicyclic) bond motifs is 1. The Labute approximate surface area is 653 Å². The first kappa shape index (κ1) is 98.7. The van der Waals surface area contributed by atoms with Crippen molar-refractivity contribution in [2.75, 3.05) is 138 Å². The molecule has 2 aromatic heterocycles. The van der Waals surface area contributed by atoms with Gasteiger partial charge >= 0.3 is 0 Å². The van der Waals surface area contributed by atoms with Crippen molar-refractivity contribution in [2.24, 2.45) is 0 Å². The lowest BCUT2D eigenvalue weighted by molar-refractivity contribution is -0.389. The van der Waals surface area contributed by atoms with Crippen molar-refractivity contribution < 1.29 is 105 Å². The number of ether oxygens (including phenoxy) is 12. The molecule has 2 unspecified atom stereocenters. The SMILES string of the molecule is CCC[C@H]1O[C@@H](n2cnc3c(N)ncnc32)C(O)N(OCCCONC(=O)CCCC(=O)NCCOC(C)(C)CCOC(C)(C)CCC(=O)NC(COCCC(=O)NCCOC(C)(C)COC(C)(C)C)(COCCC(=O)NCCOC(C)(C)COC(C)(C)C)COCCC(=O)NCCOC(C)(C)COC(C)(C)C)C1O. The van der Waals surface area contributed by atoms with Crippen LogP contribution in [-0.4, -0.2) is 271 Å². The smallest absolute Gasteiger partial charge is 0.243 e. The van der Waals surface area contributed by atoms with E-state index in [0.29, 0.717) is 50.2 Å². The highest BCUT2D eigenvalue weighted by atomic mass is 16.7. The molecule has 0 aliphatic carbocycles. The molecule has 0 radical (unpaired) electrons. The number of nitrogen functional groups attached to an aromatic ring is 1. The van der Waals surface area contributed by atoms with Crippen molar-refractivity contribution in [1.82, 2.24) is 56.6 Å². The van der Waals surface area contributed by atoms with Gasteiger partial charge in [0.1, 0.15) is 23.5 Å². The van der Waals surface area contributed by atoms with Gasteiger partial charge in [-0.05, 0) is 164 Å². The molecule has 6 amide bonds. The van der Waals surface area contributed by atoms with E-state index in [-0.39, 0.29) is 222 Å². The molecule has 0 saturated carbocycles. The van der Waals surface area contributed by atoms with Crippen LogP contribution in [0.2, 0.25) is 0 Å². The number of hydrogen-bond donors (Lipinski definition) is 9. The summed E-state index contributed by atoms with van der Waals surface area (Å²) in [6.45, 7) is 41.5. The molecule has 1 saturated heterocycles. The highest BCUT2D eigenvalue weighted by molar-refractivity contribution is 5.81. The van der Waals surface area contributed by atoms with E-state index in [1.807, 2.05) is 138 Å². The van der Waals surface area contributed by atoms with Gasteiger partial charge in [0.05, 0.1) is 157 Å². The topological polar surface area (TPSA) is 417 Å². The number of hydroxylamine groups is 3. The molecule has 636 valence electrons. The lowest BCUT2D eigenvalue weighted by Gasteiger charge is -2.44. The molecule has 4 atom stereocenters. The molecule has 3 rings (SSSR count). The molecule has 0 bridgehead atoms. The number of hydrogen-bond acceptors (Lipinski definition) is 27. The second-order valence-corrected chi connectivity index (χ2v) is 33.7. The number of aliphatic hydroxyl groups is 2. The minimum Gasteiger partial charge on any atom is -0.382 e. The molecule has 10 N–H and O–H groups in total. The Kier molecular flexibility index (Phi) is 43.1. The number of nitrogens with one attached hydrogen (secondary N) is 6. The van der Waals surface area contributed by atoms with E-state index in [1.165, 1.54) is 17.2 Å². The minimum absolute atomic E-state index is 0.00151. The lowest BCUT2D eigenvalue weighted by Crippen LogP contribution is -2.59. The normalized spacial score (nSPS) is 16.6. The molecule has 34 heteroatoms. The number of aliphatic hydroxyl groups excluding tert-OH is 2. The summed E-state index contributed by atoms with van der Waals surface area (Å²) >= 11 is 0. The van der Waals surface area contributed by atoms with Gasteiger partial charge in [-0.1, -0.05) is 13.3 Å². The first-order valence-electron chi connectivity index (χ1n) is 38.7. The molecular formula is C76H140N12O22. The predicted molar refractivity (Wildman–Crippen MR) is 411 cm³/mol. The first-order valence-corrected chi connectivity index (χ1v) is 38.7. The van der Waals surface area contributed by atoms with Gasteiger partial charge in [0.25, 0.3) is 0 Å². The van der Waals surface area contributed by atoms with Crippen LogP contribution in [0.25, 0.3) is 11.2 Å². The molecule has 1 aliphatic heterocycles. The number of aromatic nitrogens is 4. The molecule has 110 heavy (non-hydrogen) atoms. The highest BCUT2D eigenvalue weighted by Gasteiger charge is 2.45. The summed E-state index contributed by atoms with van der Waals surface area (Å²) in [6, 6.07) is 0. The summed E-state index contributed by atoms with van der Waals surface area (Å²) in [4.78, 5) is 102. The third-order valence-corrected chi connectivity index (χ3v) is 16.6. The van der Waals surface area contributed by atoms with Crippen LogP contribution in [0.1, 0.15) is 222 Å². The number of nitrogens with zero attached hydrogens (tertiary/aromatic N) is 5. The molecule has 1 fully saturated rings. The third kappa shape index (κ3) is 43.7. The maximum absolute atomic E-state index is 14.3. The second kappa shape index (κ2) is 48.0. The van der Waals surface area contributed by atoms with Gasteiger partial charge in [-0.2, -0.15) is 0 Å². The zero-order chi connectivity index (χ0) is 82.5. The first-order chi connectivity index (χ1) is 51.2. The van der Waals surface area contributed by atoms with Gasteiger partial charge in [-0.25, -0.2) is 20.4 Å². The fraction of sp³-hybridized carbons (Fsp3) is 0.855. The largest absolute Gasteiger partial charge is 0.382 e. The standard InChI is InChI=1S/C76H140N12O22/c1-21-24-55-65(95)88(66(96)67(110-55)87-54-84-62-63(77)82-53-83-64(62)87)109-38-23-37-108-86-61(94)26-22-25-56(89)78-33-43-101-72(13,14)32-42-100-71(11,12)31-27-60(93)85-76(50-97-39-28-57(90)79-34-44-102-73(15,16)47-105-68(2,3)4,51-98-40-29-58(91)80-35-45-103-74(17,18)48-106-69(5,6)7)52-99-41-30-59(92)81-36-46-104-75(19,20)49-107-70(8,9)10/h53-55,65-67,95-96H,21-52H2,1-20H3,(H,78,89)(H,79,90)(H,80,91)(H,81,92)(H,85,93)(H,86,94)(H2,77,82,83)/t55-,65?,66?,67-/m1/s1. The molecule has 34 nitrogen and oxygen atoms in total. The molecule has 0 spiro atoms. The summed E-state index contributed by atoms with van der Waals surface area (Å²) in [7, 11) is 0. The molecule has 1 aliphatic rings. The zero-order valence-corrected chi connectivity index (χ0v) is 70.0. The maximum Gasteiger partial charge on any atom is 0.243 e. The number of rotatable bonds is 58. The van der Waals surface area contributed by atoms with Gasteiger partial charge in [-0.3, -0.25) is 43.0 Å². The Bertz CT molecular complexity index is 2870. The number of carbonyl (C=O) groups excluding carboxylic acids is 6. The molecule has 2 aromatic rings. The van der Waals surface area contributed by atoms with Crippen LogP contribution in [0, 0.1) is 0 Å². The van der Waals surface area contributed by atoms with Gasteiger partial charge in [-0.15, -0.1) is 5.06 Å². The molecule has 3 heterocycles. The van der Waals surface area contributed by atoms with E-state index >= 15 is 0 Å². The lowest BCUT2D eigenvalue weighted by atomic mass is 9.99. The monoisotopic (exact) mass is 1570 g/mol. The third-order valence-electron chi connectivity index (χ3n) is 16.6. The van der Waals surface area contributed by atoms with E-state index in [2.05, 4.69) is 47.0 Å². The predicted octanol–water partition coefficient (Wildman–Crippen LogP) is 5.72. The van der Waals surface area contributed by atoms with E-state index in [0.717, 1.165) is 5.06 Å². The minimum atomic E-state index is -1.46. The summed E-state index contributed by atoms with van der Waals surface area (Å²) in [5.74, 6) is -1.75. The van der Waals surface area contributed by atoms with E-state index in [9.17, 15) is 39.0 Å². The number of imidazole rings is 1. The Morgan fingerprint density at radius 3 is 1.35 bits per heavy atom. The Morgan fingerprint density at radius 2 is 0.891 bits per heavy atom. The number of anilines is 1. The zero-order valence-electron chi connectivity index (χ0n) is 70.0. The van der Waals surface area contributed by atoms with Crippen LogP contribution >= 0.6 is 0 Å². The second-order valence-electron chi connectivity index (χ2n) is 33.7. The average Bonchev–Trinajstić information content (AvgIpc) is 1.55. The van der Waals surface area contributed by atoms with Crippen molar-refractivity contribution in [3.63, 3.8) is 0 Å². The number of amides is 6. The van der Waals surface area contributed by atoms with Crippen molar-refractivity contribution >= 4 is 52.4 Å².